The van der Waals surface area contributed by atoms with Gasteiger partial charge in [-0.1, -0.05) is 29.8 Å². The molecule has 1 aromatic carbocycles. The summed E-state index contributed by atoms with van der Waals surface area (Å²) in [4.78, 5) is 11.9. The predicted octanol–water partition coefficient (Wildman–Crippen LogP) is 1.81. The third-order valence-corrected chi connectivity index (χ3v) is 3.46. The molecule has 0 bridgehead atoms. The molecular formula is C15H21NO2. The number of aliphatic hydroxyl groups is 1. The molecule has 1 amide bonds. The van der Waals surface area contributed by atoms with Gasteiger partial charge in [-0.3, -0.25) is 4.79 Å². The van der Waals surface area contributed by atoms with Gasteiger partial charge in [0.15, 0.2) is 0 Å². The summed E-state index contributed by atoms with van der Waals surface area (Å²) in [6.07, 6.45) is 3.45. The fourth-order valence-electron chi connectivity index (χ4n) is 2.21. The Kier molecular flexibility index (Phi) is 4.37. The van der Waals surface area contributed by atoms with Crippen molar-refractivity contribution in [3.05, 3.63) is 35.4 Å². The van der Waals surface area contributed by atoms with Gasteiger partial charge in [0, 0.05) is 12.6 Å². The highest BCUT2D eigenvalue weighted by Gasteiger charge is 2.31. The lowest BCUT2D eigenvalue weighted by molar-refractivity contribution is -0.121. The number of hydrogen-bond acceptors (Lipinski definition) is 2. The van der Waals surface area contributed by atoms with Crippen LogP contribution in [0.1, 0.15) is 30.4 Å². The fourth-order valence-corrected chi connectivity index (χ4v) is 2.21. The van der Waals surface area contributed by atoms with Gasteiger partial charge in [-0.2, -0.15) is 0 Å². The maximum Gasteiger partial charge on any atom is 0.224 e. The third-order valence-electron chi connectivity index (χ3n) is 3.46. The van der Waals surface area contributed by atoms with Crippen LogP contribution in [0.25, 0.3) is 0 Å². The van der Waals surface area contributed by atoms with Crippen molar-refractivity contribution in [2.75, 3.05) is 6.61 Å². The SMILES string of the molecule is Cc1ccc(CC(=O)NC(CCO)C2CC2)cc1. The van der Waals surface area contributed by atoms with E-state index in [2.05, 4.69) is 5.32 Å². The van der Waals surface area contributed by atoms with Gasteiger partial charge in [0.05, 0.1) is 6.42 Å². The Labute approximate surface area is 108 Å². The number of amides is 1. The highest BCUT2D eigenvalue weighted by atomic mass is 16.3. The van der Waals surface area contributed by atoms with Crippen LogP contribution in [0.3, 0.4) is 0 Å². The van der Waals surface area contributed by atoms with Gasteiger partial charge >= 0.3 is 0 Å². The average Bonchev–Trinajstić information content (AvgIpc) is 3.16. The number of aryl methyl sites for hydroxylation is 1. The molecule has 1 saturated carbocycles. The van der Waals surface area contributed by atoms with Crippen molar-refractivity contribution in [3.8, 4) is 0 Å². The largest absolute Gasteiger partial charge is 0.396 e. The Morgan fingerprint density at radius 1 is 1.39 bits per heavy atom. The molecule has 0 aromatic heterocycles. The zero-order valence-electron chi connectivity index (χ0n) is 10.9. The van der Waals surface area contributed by atoms with Gasteiger partial charge < -0.3 is 10.4 Å². The summed E-state index contributed by atoms with van der Waals surface area (Å²) >= 11 is 0. The van der Waals surface area contributed by atoms with Crippen LogP contribution >= 0.6 is 0 Å². The van der Waals surface area contributed by atoms with Gasteiger partial charge in [-0.25, -0.2) is 0 Å². The van der Waals surface area contributed by atoms with E-state index in [9.17, 15) is 4.79 Å². The van der Waals surface area contributed by atoms with Gasteiger partial charge in [-0.15, -0.1) is 0 Å². The lowest BCUT2D eigenvalue weighted by Gasteiger charge is -2.17. The second kappa shape index (κ2) is 6.01. The van der Waals surface area contributed by atoms with E-state index in [-0.39, 0.29) is 18.6 Å². The van der Waals surface area contributed by atoms with Crippen LogP contribution in [0.2, 0.25) is 0 Å². The molecule has 1 fully saturated rings. The summed E-state index contributed by atoms with van der Waals surface area (Å²) in [7, 11) is 0. The highest BCUT2D eigenvalue weighted by molar-refractivity contribution is 5.78. The van der Waals surface area contributed by atoms with E-state index in [4.69, 9.17) is 5.11 Å². The number of rotatable bonds is 6. The molecule has 0 heterocycles. The molecule has 1 aliphatic rings. The second-order valence-corrected chi connectivity index (χ2v) is 5.19. The Morgan fingerprint density at radius 3 is 2.61 bits per heavy atom. The number of nitrogens with one attached hydrogen (secondary N) is 1. The lowest BCUT2D eigenvalue weighted by atomic mass is 10.1. The normalized spacial score (nSPS) is 16.3. The van der Waals surface area contributed by atoms with Crippen molar-refractivity contribution < 1.29 is 9.90 Å². The summed E-state index contributed by atoms with van der Waals surface area (Å²) in [5.41, 5.74) is 2.24. The first-order valence-electron chi connectivity index (χ1n) is 6.65. The Morgan fingerprint density at radius 2 is 2.06 bits per heavy atom. The topological polar surface area (TPSA) is 49.3 Å². The van der Waals surface area contributed by atoms with Crippen LogP contribution in [0.4, 0.5) is 0 Å². The summed E-state index contributed by atoms with van der Waals surface area (Å²) in [5, 5.41) is 12.0. The molecule has 2 N–H and O–H groups in total. The van der Waals surface area contributed by atoms with Gasteiger partial charge in [0.2, 0.25) is 5.91 Å². The minimum absolute atomic E-state index is 0.0594. The Bertz CT molecular complexity index is 395. The van der Waals surface area contributed by atoms with Crippen molar-refractivity contribution in [1.29, 1.82) is 0 Å². The average molecular weight is 247 g/mol. The molecule has 1 unspecified atom stereocenters. The minimum Gasteiger partial charge on any atom is -0.396 e. The molecule has 0 radical (unpaired) electrons. The monoisotopic (exact) mass is 247 g/mol. The number of hydrogen-bond donors (Lipinski definition) is 2. The smallest absolute Gasteiger partial charge is 0.224 e. The quantitative estimate of drug-likeness (QED) is 0.805. The van der Waals surface area contributed by atoms with Gasteiger partial charge in [0.25, 0.3) is 0 Å². The first kappa shape index (κ1) is 13.1. The molecule has 0 aliphatic heterocycles. The molecular weight excluding hydrogens is 226 g/mol. The summed E-state index contributed by atoms with van der Waals surface area (Å²) < 4.78 is 0. The van der Waals surface area contributed by atoms with Crippen molar-refractivity contribution in [2.45, 2.75) is 38.6 Å². The molecule has 98 valence electrons. The van der Waals surface area contributed by atoms with E-state index < -0.39 is 0 Å². The van der Waals surface area contributed by atoms with Crippen LogP contribution in [0, 0.1) is 12.8 Å². The zero-order valence-corrected chi connectivity index (χ0v) is 10.9. The maximum atomic E-state index is 11.9. The Hall–Kier alpha value is -1.35. The van der Waals surface area contributed by atoms with Gasteiger partial charge in [0.1, 0.15) is 0 Å². The third kappa shape index (κ3) is 3.84. The van der Waals surface area contributed by atoms with Crippen molar-refractivity contribution in [1.82, 2.24) is 5.32 Å². The standard InChI is InChI=1S/C15H21NO2/c1-11-2-4-12(5-3-11)10-15(18)16-14(8-9-17)13-6-7-13/h2-5,13-14,17H,6-10H2,1H3,(H,16,18). The molecule has 1 aromatic rings. The van der Waals surface area contributed by atoms with E-state index in [0.717, 1.165) is 5.56 Å². The van der Waals surface area contributed by atoms with Crippen molar-refractivity contribution in [2.24, 2.45) is 5.92 Å². The molecule has 1 atom stereocenters. The van der Waals surface area contributed by atoms with E-state index in [0.29, 0.717) is 18.8 Å². The van der Waals surface area contributed by atoms with E-state index in [1.807, 2.05) is 31.2 Å². The number of aliphatic hydroxyl groups excluding tert-OH is 1. The van der Waals surface area contributed by atoms with Crippen LogP contribution in [-0.2, 0) is 11.2 Å². The molecule has 1 aliphatic carbocycles. The zero-order chi connectivity index (χ0) is 13.0. The van der Waals surface area contributed by atoms with E-state index in [1.54, 1.807) is 0 Å². The Balaban J connectivity index is 1.85. The van der Waals surface area contributed by atoms with Crippen LogP contribution in [0.15, 0.2) is 24.3 Å². The molecule has 2 rings (SSSR count). The molecule has 3 heteroatoms. The summed E-state index contributed by atoms with van der Waals surface area (Å²) in [5.74, 6) is 0.642. The number of benzene rings is 1. The lowest BCUT2D eigenvalue weighted by Crippen LogP contribution is -2.38. The highest BCUT2D eigenvalue weighted by Crippen LogP contribution is 2.33. The number of carbonyl (C=O) groups excluding carboxylic acids is 1. The predicted molar refractivity (Wildman–Crippen MR) is 71.2 cm³/mol. The van der Waals surface area contributed by atoms with Crippen molar-refractivity contribution in [3.63, 3.8) is 0 Å². The second-order valence-electron chi connectivity index (χ2n) is 5.19. The maximum absolute atomic E-state index is 11.9. The molecule has 0 spiro atoms. The molecule has 18 heavy (non-hydrogen) atoms. The summed E-state index contributed by atoms with van der Waals surface area (Å²) in [6.45, 7) is 2.18. The van der Waals surface area contributed by atoms with Gasteiger partial charge in [-0.05, 0) is 37.7 Å². The van der Waals surface area contributed by atoms with E-state index >= 15 is 0 Å². The minimum atomic E-state index is 0.0594. The van der Waals surface area contributed by atoms with Crippen LogP contribution < -0.4 is 5.32 Å². The van der Waals surface area contributed by atoms with Crippen molar-refractivity contribution >= 4 is 5.91 Å². The molecule has 3 nitrogen and oxygen atoms in total. The summed E-state index contributed by atoms with van der Waals surface area (Å²) in [6, 6.07) is 8.19. The van der Waals surface area contributed by atoms with Crippen LogP contribution in [0.5, 0.6) is 0 Å². The fraction of sp³-hybridized carbons (Fsp3) is 0.533. The van der Waals surface area contributed by atoms with Crippen LogP contribution in [-0.4, -0.2) is 23.7 Å². The number of carbonyl (C=O) groups is 1. The van der Waals surface area contributed by atoms with E-state index in [1.165, 1.54) is 18.4 Å². The first-order valence-corrected chi connectivity index (χ1v) is 6.65. The molecule has 0 saturated heterocycles. The first-order chi connectivity index (χ1) is 8.69.